The van der Waals surface area contributed by atoms with E-state index in [0.717, 1.165) is 0 Å². The number of rotatable bonds is 4. The van der Waals surface area contributed by atoms with Crippen LogP contribution in [0.5, 0.6) is 0 Å². The molecule has 0 aliphatic heterocycles. The molecule has 0 spiro atoms. The first-order valence-corrected chi connectivity index (χ1v) is 4.68. The number of benzene rings is 1. The maximum Gasteiger partial charge on any atom is 0.0654 e. The van der Waals surface area contributed by atoms with Gasteiger partial charge in [-0.15, -0.1) is 0 Å². The van der Waals surface area contributed by atoms with Crippen LogP contribution in [0.15, 0.2) is 24.3 Å². The molecule has 0 radical (unpaired) electrons. The van der Waals surface area contributed by atoms with E-state index in [1.165, 1.54) is 11.1 Å². The van der Waals surface area contributed by atoms with Crippen LogP contribution in [-0.2, 0) is 4.84 Å². The van der Waals surface area contributed by atoms with Crippen molar-refractivity contribution in [2.24, 2.45) is 0 Å². The molecule has 0 amide bonds. The van der Waals surface area contributed by atoms with Gasteiger partial charge in [0.05, 0.1) is 12.6 Å². The van der Waals surface area contributed by atoms with Crippen molar-refractivity contribution in [3.05, 3.63) is 35.4 Å². The number of hydrogen-bond acceptors (Lipinski definition) is 2. The molecule has 72 valence electrons. The van der Waals surface area contributed by atoms with Crippen LogP contribution in [0.25, 0.3) is 0 Å². The van der Waals surface area contributed by atoms with E-state index in [-0.39, 0.29) is 6.04 Å². The smallest absolute Gasteiger partial charge is 0.0654 e. The summed E-state index contributed by atoms with van der Waals surface area (Å²) in [7, 11) is 0. The highest BCUT2D eigenvalue weighted by Gasteiger charge is 2.05. The van der Waals surface area contributed by atoms with Crippen molar-refractivity contribution in [1.29, 1.82) is 0 Å². The molecule has 0 saturated carbocycles. The number of hydroxylamine groups is 1. The predicted octanol–water partition coefficient (Wildman–Crippen LogP) is 2.60. The molecule has 1 aromatic carbocycles. The maximum absolute atomic E-state index is 5.15. The highest BCUT2D eigenvalue weighted by Crippen LogP contribution is 2.16. The highest BCUT2D eigenvalue weighted by atomic mass is 16.6. The summed E-state index contributed by atoms with van der Waals surface area (Å²) in [6, 6.07) is 8.57. The molecule has 1 unspecified atom stereocenters. The second-order valence-electron chi connectivity index (χ2n) is 3.13. The van der Waals surface area contributed by atoms with Crippen molar-refractivity contribution in [2.45, 2.75) is 26.8 Å². The first-order valence-electron chi connectivity index (χ1n) is 4.68. The van der Waals surface area contributed by atoms with Gasteiger partial charge in [0.2, 0.25) is 0 Å². The first kappa shape index (κ1) is 10.2. The van der Waals surface area contributed by atoms with Gasteiger partial charge in [-0.1, -0.05) is 24.3 Å². The van der Waals surface area contributed by atoms with E-state index in [0.29, 0.717) is 6.61 Å². The highest BCUT2D eigenvalue weighted by molar-refractivity contribution is 5.27. The fourth-order valence-electron chi connectivity index (χ4n) is 1.34. The molecule has 1 N–H and O–H groups in total. The third kappa shape index (κ3) is 2.83. The van der Waals surface area contributed by atoms with E-state index < -0.39 is 0 Å². The minimum atomic E-state index is 0.251. The Balaban J connectivity index is 2.65. The summed E-state index contributed by atoms with van der Waals surface area (Å²) in [4.78, 5) is 5.15. The molecular formula is C11H17NO. The van der Waals surface area contributed by atoms with Gasteiger partial charge in [-0.3, -0.25) is 0 Å². The van der Waals surface area contributed by atoms with Gasteiger partial charge in [0.15, 0.2) is 0 Å². The van der Waals surface area contributed by atoms with Gasteiger partial charge >= 0.3 is 0 Å². The minimum absolute atomic E-state index is 0.251. The van der Waals surface area contributed by atoms with Crippen molar-refractivity contribution in [3.63, 3.8) is 0 Å². The molecule has 0 heterocycles. The second-order valence-corrected chi connectivity index (χ2v) is 3.13. The largest absolute Gasteiger partial charge is 0.302 e. The van der Waals surface area contributed by atoms with Crippen LogP contribution in [0.3, 0.4) is 0 Å². The van der Waals surface area contributed by atoms with Gasteiger partial charge in [-0.05, 0) is 31.9 Å². The van der Waals surface area contributed by atoms with Gasteiger partial charge in [-0.2, -0.15) is 5.48 Å². The molecule has 0 aromatic heterocycles. The molecule has 1 atom stereocenters. The van der Waals surface area contributed by atoms with Gasteiger partial charge < -0.3 is 4.84 Å². The quantitative estimate of drug-likeness (QED) is 0.717. The van der Waals surface area contributed by atoms with Crippen LogP contribution in [0.2, 0.25) is 0 Å². The number of nitrogens with one attached hydrogen (secondary N) is 1. The van der Waals surface area contributed by atoms with Crippen LogP contribution in [0.1, 0.15) is 31.0 Å². The minimum Gasteiger partial charge on any atom is -0.302 e. The summed E-state index contributed by atoms with van der Waals surface area (Å²) < 4.78 is 0. The summed E-state index contributed by atoms with van der Waals surface area (Å²) in [5, 5.41) is 0. The number of hydrogen-bond donors (Lipinski definition) is 1. The summed E-state index contributed by atoms with van der Waals surface area (Å²) in [5.74, 6) is 0. The first-order chi connectivity index (χ1) is 6.25. The van der Waals surface area contributed by atoms with E-state index in [1.54, 1.807) is 0 Å². The van der Waals surface area contributed by atoms with E-state index in [1.807, 2.05) is 19.1 Å². The summed E-state index contributed by atoms with van der Waals surface area (Å²) >= 11 is 0. The van der Waals surface area contributed by atoms with E-state index in [4.69, 9.17) is 4.84 Å². The topological polar surface area (TPSA) is 21.3 Å². The Morgan fingerprint density at radius 1 is 1.38 bits per heavy atom. The zero-order valence-corrected chi connectivity index (χ0v) is 8.50. The fraction of sp³-hybridized carbons (Fsp3) is 0.455. The lowest BCUT2D eigenvalue weighted by Crippen LogP contribution is -2.19. The van der Waals surface area contributed by atoms with Crippen molar-refractivity contribution in [2.75, 3.05) is 6.61 Å². The maximum atomic E-state index is 5.15. The normalized spacial score (nSPS) is 12.8. The number of aryl methyl sites for hydroxylation is 1. The molecule has 0 aliphatic rings. The lowest BCUT2D eigenvalue weighted by Gasteiger charge is -2.15. The Morgan fingerprint density at radius 3 is 2.69 bits per heavy atom. The summed E-state index contributed by atoms with van der Waals surface area (Å²) in [6.45, 7) is 6.87. The Kier molecular flexibility index (Phi) is 3.93. The van der Waals surface area contributed by atoms with Crippen LogP contribution < -0.4 is 5.48 Å². The fourth-order valence-corrected chi connectivity index (χ4v) is 1.34. The Morgan fingerprint density at radius 2 is 2.08 bits per heavy atom. The molecular weight excluding hydrogens is 162 g/mol. The van der Waals surface area contributed by atoms with Gasteiger partial charge in [-0.25, -0.2) is 0 Å². The van der Waals surface area contributed by atoms with Gasteiger partial charge in [0.25, 0.3) is 0 Å². The zero-order valence-electron chi connectivity index (χ0n) is 8.50. The lowest BCUT2D eigenvalue weighted by molar-refractivity contribution is 0.0283. The molecule has 2 nitrogen and oxygen atoms in total. The SMILES string of the molecule is CCONC(C)c1ccccc1C. The average molecular weight is 179 g/mol. The molecule has 1 aromatic rings. The zero-order chi connectivity index (χ0) is 9.68. The lowest BCUT2D eigenvalue weighted by atomic mass is 10.0. The van der Waals surface area contributed by atoms with Crippen LogP contribution in [0, 0.1) is 6.92 Å². The standard InChI is InChI=1S/C11H17NO/c1-4-13-12-10(3)11-8-6-5-7-9(11)2/h5-8,10,12H,4H2,1-3H3. The monoisotopic (exact) mass is 179 g/mol. The molecule has 0 aliphatic carbocycles. The molecule has 0 saturated heterocycles. The van der Waals surface area contributed by atoms with Crippen LogP contribution >= 0.6 is 0 Å². The summed E-state index contributed by atoms with van der Waals surface area (Å²) in [5.41, 5.74) is 5.57. The van der Waals surface area contributed by atoms with Crippen LogP contribution in [-0.4, -0.2) is 6.61 Å². The average Bonchev–Trinajstić information content (AvgIpc) is 2.15. The second kappa shape index (κ2) is 5.00. The molecule has 2 heteroatoms. The Hall–Kier alpha value is -0.860. The molecule has 0 fully saturated rings. The Labute approximate surface area is 79.9 Å². The van der Waals surface area contributed by atoms with Gasteiger partial charge in [0.1, 0.15) is 0 Å². The molecule has 1 rings (SSSR count). The molecule has 0 bridgehead atoms. The van der Waals surface area contributed by atoms with E-state index in [9.17, 15) is 0 Å². The van der Waals surface area contributed by atoms with Crippen molar-refractivity contribution >= 4 is 0 Å². The predicted molar refractivity (Wildman–Crippen MR) is 54.4 cm³/mol. The third-order valence-electron chi connectivity index (χ3n) is 2.06. The van der Waals surface area contributed by atoms with Crippen LogP contribution in [0.4, 0.5) is 0 Å². The molecule has 13 heavy (non-hydrogen) atoms. The van der Waals surface area contributed by atoms with Crippen molar-refractivity contribution in [3.8, 4) is 0 Å². The Bertz CT molecular complexity index is 260. The van der Waals surface area contributed by atoms with Crippen molar-refractivity contribution in [1.82, 2.24) is 5.48 Å². The van der Waals surface area contributed by atoms with Crippen molar-refractivity contribution < 1.29 is 4.84 Å². The van der Waals surface area contributed by atoms with E-state index in [2.05, 4.69) is 31.5 Å². The van der Waals surface area contributed by atoms with E-state index >= 15 is 0 Å². The third-order valence-corrected chi connectivity index (χ3v) is 2.06. The van der Waals surface area contributed by atoms with Gasteiger partial charge in [0, 0.05) is 0 Å². The summed E-state index contributed by atoms with van der Waals surface area (Å²) in [6.07, 6.45) is 0.